The minimum absolute atomic E-state index is 0.278. The summed E-state index contributed by atoms with van der Waals surface area (Å²) >= 11 is 2.34. The third-order valence-electron chi connectivity index (χ3n) is 2.85. The molecule has 0 aliphatic carbocycles. The second kappa shape index (κ2) is 11.9. The maximum Gasteiger partial charge on any atom is 0.119 e. The lowest BCUT2D eigenvalue weighted by Gasteiger charge is -2.15. The van der Waals surface area contributed by atoms with E-state index in [4.69, 9.17) is 9.47 Å². The van der Waals surface area contributed by atoms with Gasteiger partial charge in [0, 0.05) is 30.1 Å². The molecule has 0 aromatic heterocycles. The van der Waals surface area contributed by atoms with Crippen LogP contribution >= 0.6 is 22.6 Å². The van der Waals surface area contributed by atoms with Crippen LogP contribution in [0.2, 0.25) is 0 Å². The van der Waals surface area contributed by atoms with Crippen molar-refractivity contribution in [2.75, 3.05) is 37.3 Å². The van der Waals surface area contributed by atoms with Crippen LogP contribution in [-0.2, 0) is 0 Å². The summed E-state index contributed by atoms with van der Waals surface area (Å²) in [7, 11) is 0. The van der Waals surface area contributed by atoms with Crippen molar-refractivity contribution < 1.29 is 14.6 Å². The number of ether oxygens (including phenoxy) is 2. The van der Waals surface area contributed by atoms with E-state index in [1.165, 1.54) is 0 Å². The highest BCUT2D eigenvalue weighted by atomic mass is 127. The maximum atomic E-state index is 9.78. The van der Waals surface area contributed by atoms with Crippen LogP contribution < -0.4 is 20.1 Å². The number of hydrogen-bond donors (Lipinski definition) is 3. The molecule has 1 unspecified atom stereocenters. The highest BCUT2D eigenvalue weighted by molar-refractivity contribution is 14.1. The van der Waals surface area contributed by atoms with Crippen molar-refractivity contribution in [2.24, 2.45) is 0 Å². The topological polar surface area (TPSA) is 62.8 Å². The number of benzene rings is 1. The molecule has 0 radical (unpaired) electrons. The molecule has 0 saturated carbocycles. The van der Waals surface area contributed by atoms with Crippen LogP contribution in [0.15, 0.2) is 24.3 Å². The van der Waals surface area contributed by atoms with Gasteiger partial charge in [0.1, 0.15) is 30.8 Å². The smallest absolute Gasteiger partial charge is 0.119 e. The van der Waals surface area contributed by atoms with E-state index in [0.717, 1.165) is 29.0 Å². The Hall–Kier alpha value is -0.570. The van der Waals surface area contributed by atoms with Crippen LogP contribution in [0.1, 0.15) is 13.8 Å². The van der Waals surface area contributed by atoms with Crippen LogP contribution in [0, 0.1) is 0 Å². The molecule has 0 fully saturated rings. The summed E-state index contributed by atoms with van der Waals surface area (Å²) in [6, 6.07) is 7.84. The quantitative estimate of drug-likeness (QED) is 0.273. The summed E-state index contributed by atoms with van der Waals surface area (Å²) in [4.78, 5) is 0. The van der Waals surface area contributed by atoms with Crippen molar-refractivity contribution in [3.8, 4) is 11.5 Å². The van der Waals surface area contributed by atoms with Crippen molar-refractivity contribution in [2.45, 2.75) is 26.0 Å². The van der Waals surface area contributed by atoms with Gasteiger partial charge in [-0.05, 0) is 24.3 Å². The van der Waals surface area contributed by atoms with E-state index in [2.05, 4.69) is 33.2 Å². The Kier molecular flexibility index (Phi) is 10.6. The van der Waals surface area contributed by atoms with Crippen molar-refractivity contribution in [1.82, 2.24) is 10.6 Å². The Balaban J connectivity index is 2.21. The molecule has 0 spiro atoms. The highest BCUT2D eigenvalue weighted by Crippen LogP contribution is 2.17. The minimum atomic E-state index is -0.512. The van der Waals surface area contributed by atoms with E-state index < -0.39 is 6.10 Å². The Labute approximate surface area is 146 Å². The lowest BCUT2D eigenvalue weighted by atomic mass is 10.3. The second-order valence-electron chi connectivity index (χ2n) is 5.29. The first-order valence-electron chi connectivity index (χ1n) is 7.65. The van der Waals surface area contributed by atoms with Gasteiger partial charge in [0.05, 0.1) is 0 Å². The summed E-state index contributed by atoms with van der Waals surface area (Å²) in [5, 5.41) is 16.2. The van der Waals surface area contributed by atoms with Gasteiger partial charge in [-0.1, -0.05) is 36.4 Å². The van der Waals surface area contributed by atoms with Crippen LogP contribution in [0.25, 0.3) is 0 Å². The molecule has 0 amide bonds. The first kappa shape index (κ1) is 19.5. The molecule has 1 aromatic carbocycles. The maximum absolute atomic E-state index is 9.78. The monoisotopic (exact) mass is 422 g/mol. The Morgan fingerprint density at radius 2 is 1.73 bits per heavy atom. The molecule has 1 aromatic rings. The molecule has 6 heteroatoms. The predicted octanol–water partition coefficient (Wildman–Crippen LogP) is 1.83. The molecule has 0 aliphatic heterocycles. The first-order valence-corrected chi connectivity index (χ1v) is 9.18. The van der Waals surface area contributed by atoms with Gasteiger partial charge in [0.25, 0.3) is 0 Å². The molecule has 0 saturated heterocycles. The van der Waals surface area contributed by atoms with Crippen LogP contribution in [-0.4, -0.2) is 54.5 Å². The number of aliphatic hydroxyl groups excluding tert-OH is 1. The number of alkyl halides is 1. The van der Waals surface area contributed by atoms with E-state index in [-0.39, 0.29) is 6.61 Å². The molecule has 22 heavy (non-hydrogen) atoms. The van der Waals surface area contributed by atoms with E-state index >= 15 is 0 Å². The van der Waals surface area contributed by atoms with E-state index in [0.29, 0.717) is 19.2 Å². The van der Waals surface area contributed by atoms with Gasteiger partial charge in [0.2, 0.25) is 0 Å². The largest absolute Gasteiger partial charge is 0.492 e. The number of hydrogen-bond acceptors (Lipinski definition) is 5. The molecule has 126 valence electrons. The van der Waals surface area contributed by atoms with Gasteiger partial charge >= 0.3 is 0 Å². The molecule has 0 heterocycles. The fraction of sp³-hybridized carbons (Fsp3) is 0.625. The van der Waals surface area contributed by atoms with E-state index in [1.54, 1.807) is 0 Å². The summed E-state index contributed by atoms with van der Waals surface area (Å²) < 4.78 is 12.3. The van der Waals surface area contributed by atoms with Gasteiger partial charge in [-0.2, -0.15) is 0 Å². The van der Waals surface area contributed by atoms with E-state index in [1.807, 2.05) is 38.1 Å². The van der Waals surface area contributed by atoms with Gasteiger partial charge in [-0.15, -0.1) is 0 Å². The van der Waals surface area contributed by atoms with Crippen molar-refractivity contribution >= 4 is 22.6 Å². The van der Waals surface area contributed by atoms with Crippen LogP contribution in [0.5, 0.6) is 11.5 Å². The number of aliphatic hydroxyl groups is 1. The molecule has 0 aliphatic rings. The molecule has 1 atom stereocenters. The summed E-state index contributed by atoms with van der Waals surface area (Å²) in [5.74, 6) is 1.56. The zero-order valence-electron chi connectivity index (χ0n) is 13.3. The van der Waals surface area contributed by atoms with Crippen molar-refractivity contribution in [3.05, 3.63) is 24.3 Å². The minimum Gasteiger partial charge on any atom is -0.492 e. The molecule has 1 rings (SSSR count). The zero-order valence-corrected chi connectivity index (χ0v) is 15.5. The molecular weight excluding hydrogens is 395 g/mol. The Morgan fingerprint density at radius 3 is 2.32 bits per heavy atom. The third-order valence-corrected chi connectivity index (χ3v) is 3.39. The van der Waals surface area contributed by atoms with Crippen LogP contribution in [0.3, 0.4) is 0 Å². The van der Waals surface area contributed by atoms with Gasteiger partial charge in [0.15, 0.2) is 0 Å². The third kappa shape index (κ3) is 9.45. The lowest BCUT2D eigenvalue weighted by Crippen LogP contribution is -2.35. The Morgan fingerprint density at radius 1 is 1.09 bits per heavy atom. The zero-order chi connectivity index (χ0) is 16.2. The lowest BCUT2D eigenvalue weighted by molar-refractivity contribution is 0.104. The van der Waals surface area contributed by atoms with E-state index in [9.17, 15) is 5.11 Å². The SMILES string of the molecule is CC(C)NCC(O)COc1ccc(OCCNCCI)cc1. The molecular formula is C16H27IN2O3. The average molecular weight is 422 g/mol. The van der Waals surface area contributed by atoms with Gasteiger partial charge in [-0.25, -0.2) is 0 Å². The highest BCUT2D eigenvalue weighted by Gasteiger charge is 2.06. The van der Waals surface area contributed by atoms with Crippen molar-refractivity contribution in [3.63, 3.8) is 0 Å². The number of rotatable bonds is 12. The standard InChI is InChI=1S/C16H27IN2O3/c1-13(2)19-11-14(20)12-22-16-5-3-15(4-6-16)21-10-9-18-8-7-17/h3-6,13-14,18-20H,7-12H2,1-2H3. The average Bonchev–Trinajstić information content (AvgIpc) is 2.52. The number of nitrogens with one attached hydrogen (secondary N) is 2. The predicted molar refractivity (Wildman–Crippen MR) is 98.3 cm³/mol. The fourth-order valence-corrected chi connectivity index (χ4v) is 2.07. The second-order valence-corrected chi connectivity index (χ2v) is 6.37. The molecule has 5 nitrogen and oxygen atoms in total. The Bertz CT molecular complexity index is 387. The van der Waals surface area contributed by atoms with Crippen molar-refractivity contribution in [1.29, 1.82) is 0 Å². The summed E-state index contributed by atoms with van der Waals surface area (Å²) in [5.41, 5.74) is 0. The number of halogens is 1. The summed E-state index contributed by atoms with van der Waals surface area (Å²) in [6.07, 6.45) is -0.512. The fourth-order valence-electron chi connectivity index (χ4n) is 1.69. The molecule has 0 bridgehead atoms. The van der Waals surface area contributed by atoms with Gasteiger partial charge < -0.3 is 25.2 Å². The van der Waals surface area contributed by atoms with Gasteiger partial charge in [-0.3, -0.25) is 0 Å². The normalized spacial score (nSPS) is 12.4. The summed E-state index contributed by atoms with van der Waals surface area (Å²) in [6.45, 7) is 7.40. The first-order chi connectivity index (χ1) is 10.6. The van der Waals surface area contributed by atoms with Crippen LogP contribution in [0.4, 0.5) is 0 Å². The molecule has 3 N–H and O–H groups in total.